The molecule has 2 aromatic rings. The summed E-state index contributed by atoms with van der Waals surface area (Å²) >= 11 is 0. The molecular formula is C16H13BF3NO4S. The van der Waals surface area contributed by atoms with Crippen LogP contribution in [0.25, 0.3) is 0 Å². The number of carbonyl (C=O) groups is 1. The molecule has 10 heteroatoms. The minimum atomic E-state index is -5.79. The highest BCUT2D eigenvalue weighted by Crippen LogP contribution is 2.33. The summed E-state index contributed by atoms with van der Waals surface area (Å²) in [6, 6.07) is 14.1. The van der Waals surface area contributed by atoms with Crippen molar-refractivity contribution in [1.29, 1.82) is 0 Å². The maximum atomic E-state index is 13.2. The van der Waals surface area contributed by atoms with E-state index in [1.807, 2.05) is 0 Å². The predicted molar refractivity (Wildman–Crippen MR) is 88.7 cm³/mol. The summed E-state index contributed by atoms with van der Waals surface area (Å²) in [5.41, 5.74) is -4.89. The predicted octanol–water partition coefficient (Wildman–Crippen LogP) is 1.70. The van der Waals surface area contributed by atoms with Gasteiger partial charge in [0.25, 0.3) is 0 Å². The molecule has 2 aromatic carbocycles. The molecule has 0 aromatic heterocycles. The van der Waals surface area contributed by atoms with Crippen LogP contribution in [0.1, 0.15) is 5.56 Å². The van der Waals surface area contributed by atoms with E-state index in [1.54, 1.807) is 36.4 Å². The maximum absolute atomic E-state index is 13.2. The highest BCUT2D eigenvalue weighted by Gasteiger charge is 2.61. The van der Waals surface area contributed by atoms with Gasteiger partial charge in [0.1, 0.15) is 6.04 Å². The summed E-state index contributed by atoms with van der Waals surface area (Å²) in [5, 5.41) is 0. The molecule has 0 amide bonds. The first-order valence-corrected chi connectivity index (χ1v) is 9.05. The smallest absolute Gasteiger partial charge is 0.510 e. The number of alkyl halides is 3. The molecule has 1 heterocycles. The second kappa shape index (κ2) is 6.77. The fourth-order valence-corrected chi connectivity index (χ4v) is 3.92. The van der Waals surface area contributed by atoms with Gasteiger partial charge in [0.05, 0.1) is 0 Å². The third-order valence-electron chi connectivity index (χ3n) is 3.96. The summed E-state index contributed by atoms with van der Waals surface area (Å²) in [6.45, 7) is 0. The Hall–Kier alpha value is -2.33. The van der Waals surface area contributed by atoms with Gasteiger partial charge in [-0.1, -0.05) is 60.7 Å². The Kier molecular flexibility index (Phi) is 4.81. The Morgan fingerprint density at radius 2 is 1.54 bits per heavy atom. The number of nitrogens with zero attached hydrogens (tertiary/aromatic N) is 1. The lowest BCUT2D eigenvalue weighted by atomic mass is 9.74. The van der Waals surface area contributed by atoms with Crippen molar-refractivity contribution in [3.63, 3.8) is 0 Å². The van der Waals surface area contributed by atoms with Crippen LogP contribution in [0.4, 0.5) is 13.2 Å². The fraction of sp³-hybridized carbons (Fsp3) is 0.188. The van der Waals surface area contributed by atoms with E-state index < -0.39 is 34.6 Å². The van der Waals surface area contributed by atoms with Gasteiger partial charge in [-0.25, -0.2) is 8.42 Å². The van der Waals surface area contributed by atoms with Gasteiger partial charge in [0.2, 0.25) is 0 Å². The molecule has 1 atom stereocenters. The van der Waals surface area contributed by atoms with Gasteiger partial charge in [0, 0.05) is 0 Å². The van der Waals surface area contributed by atoms with Crippen LogP contribution in [0.15, 0.2) is 60.7 Å². The van der Waals surface area contributed by atoms with Crippen molar-refractivity contribution in [1.82, 2.24) is 4.22 Å². The number of sulfonamides is 1. The fourth-order valence-electron chi connectivity index (χ4n) is 2.76. The lowest BCUT2D eigenvalue weighted by Crippen LogP contribution is -2.55. The topological polar surface area (TPSA) is 63.7 Å². The Balaban J connectivity index is 2.06. The molecule has 26 heavy (non-hydrogen) atoms. The van der Waals surface area contributed by atoms with Crippen LogP contribution in [-0.4, -0.2) is 37.2 Å². The molecule has 1 aliphatic rings. The summed E-state index contributed by atoms with van der Waals surface area (Å²) in [6.07, 6.45) is -0.224. The second-order valence-corrected chi connectivity index (χ2v) is 7.52. The van der Waals surface area contributed by atoms with E-state index in [2.05, 4.69) is 0 Å². The van der Waals surface area contributed by atoms with Crippen molar-refractivity contribution in [3.05, 3.63) is 66.2 Å². The van der Waals surface area contributed by atoms with Crippen LogP contribution in [0.2, 0.25) is 0 Å². The van der Waals surface area contributed by atoms with Crippen molar-refractivity contribution < 1.29 is 31.0 Å². The number of benzene rings is 2. The average Bonchev–Trinajstić information content (AvgIpc) is 2.93. The van der Waals surface area contributed by atoms with E-state index in [-0.39, 0.29) is 16.1 Å². The molecule has 1 saturated heterocycles. The van der Waals surface area contributed by atoms with E-state index in [1.165, 1.54) is 24.3 Å². The minimum Gasteiger partial charge on any atom is -0.514 e. The van der Waals surface area contributed by atoms with Gasteiger partial charge >= 0.3 is 28.6 Å². The quantitative estimate of drug-likeness (QED) is 0.755. The summed E-state index contributed by atoms with van der Waals surface area (Å²) < 4.78 is 69.1. The van der Waals surface area contributed by atoms with E-state index in [0.717, 1.165) is 0 Å². The summed E-state index contributed by atoms with van der Waals surface area (Å²) in [5.74, 6) is -1.02. The maximum Gasteiger partial charge on any atom is 0.510 e. The number of hydrogen-bond donors (Lipinski definition) is 0. The highest BCUT2D eigenvalue weighted by molar-refractivity contribution is 7.91. The number of rotatable bonds is 4. The molecule has 136 valence electrons. The van der Waals surface area contributed by atoms with Crippen molar-refractivity contribution in [2.75, 3.05) is 0 Å². The largest absolute Gasteiger partial charge is 0.514 e. The normalized spacial score (nSPS) is 18.8. The van der Waals surface area contributed by atoms with Crippen LogP contribution < -0.4 is 5.46 Å². The van der Waals surface area contributed by atoms with Crippen LogP contribution in [0.3, 0.4) is 0 Å². The van der Waals surface area contributed by atoms with Crippen LogP contribution in [-0.2, 0) is 25.9 Å². The molecule has 3 rings (SSSR count). The van der Waals surface area contributed by atoms with Crippen molar-refractivity contribution in [2.24, 2.45) is 0 Å². The van der Waals surface area contributed by atoms with E-state index >= 15 is 0 Å². The first-order valence-electron chi connectivity index (χ1n) is 7.61. The van der Waals surface area contributed by atoms with Gasteiger partial charge in [-0.15, -0.1) is 0 Å². The van der Waals surface area contributed by atoms with Crippen molar-refractivity contribution >= 4 is 28.5 Å². The van der Waals surface area contributed by atoms with E-state index in [4.69, 9.17) is 4.65 Å². The monoisotopic (exact) mass is 383 g/mol. The molecule has 1 fully saturated rings. The zero-order valence-corrected chi connectivity index (χ0v) is 14.1. The van der Waals surface area contributed by atoms with Gasteiger partial charge in [0.15, 0.2) is 0 Å². The molecule has 0 spiro atoms. The first kappa shape index (κ1) is 18.5. The Morgan fingerprint density at radius 1 is 1.00 bits per heavy atom. The zero-order valence-electron chi connectivity index (χ0n) is 13.3. The van der Waals surface area contributed by atoms with Crippen molar-refractivity contribution in [2.45, 2.75) is 18.0 Å². The van der Waals surface area contributed by atoms with Gasteiger partial charge in [-0.05, 0) is 17.4 Å². The van der Waals surface area contributed by atoms with Gasteiger partial charge in [-0.3, -0.25) is 4.79 Å². The molecule has 0 unspecified atom stereocenters. The molecule has 0 bridgehead atoms. The highest BCUT2D eigenvalue weighted by atomic mass is 32.2. The molecule has 0 aliphatic carbocycles. The second-order valence-electron chi connectivity index (χ2n) is 5.69. The minimum absolute atomic E-state index is 0.123. The summed E-state index contributed by atoms with van der Waals surface area (Å²) in [4.78, 5) is 12.3. The molecule has 0 saturated carbocycles. The number of hydrogen-bond acceptors (Lipinski definition) is 4. The third kappa shape index (κ3) is 3.34. The number of halogens is 3. The van der Waals surface area contributed by atoms with Crippen LogP contribution in [0, 0.1) is 0 Å². The van der Waals surface area contributed by atoms with E-state index in [9.17, 15) is 26.4 Å². The lowest BCUT2D eigenvalue weighted by molar-refractivity contribution is -0.134. The Labute approximate surface area is 148 Å². The van der Waals surface area contributed by atoms with E-state index in [0.29, 0.717) is 5.56 Å². The lowest BCUT2D eigenvalue weighted by Gasteiger charge is -2.24. The standard InChI is InChI=1S/C16H13BF3NO4S/c18-16(19,20)26(23,24)21-14(11-12-7-3-1-4-8-12)15(22)25-17(21)13-9-5-2-6-10-13/h1-10,14H,11H2/t14-/m0/s1. The SMILES string of the molecule is O=C1OB(c2ccccc2)N(S(=O)(=O)C(F)(F)F)[C@H]1Cc1ccccc1. The van der Waals surface area contributed by atoms with Crippen LogP contribution in [0.5, 0.6) is 0 Å². The molecule has 0 radical (unpaired) electrons. The molecule has 1 aliphatic heterocycles. The van der Waals surface area contributed by atoms with Crippen LogP contribution >= 0.6 is 0 Å². The first-order chi connectivity index (χ1) is 12.2. The molecular weight excluding hydrogens is 370 g/mol. The van der Waals surface area contributed by atoms with Crippen molar-refractivity contribution in [3.8, 4) is 0 Å². The molecule has 5 nitrogen and oxygen atoms in total. The van der Waals surface area contributed by atoms with Gasteiger partial charge in [-0.2, -0.15) is 17.4 Å². The Bertz CT molecular complexity index is 891. The third-order valence-corrected chi connectivity index (χ3v) is 5.55. The summed E-state index contributed by atoms with van der Waals surface area (Å²) in [7, 11) is -7.45. The molecule has 0 N–H and O–H groups in total. The Morgan fingerprint density at radius 3 is 2.08 bits per heavy atom. The zero-order chi connectivity index (χ0) is 18.9. The number of carbonyl (C=O) groups excluding carboxylic acids is 1. The van der Waals surface area contributed by atoms with Gasteiger partial charge < -0.3 is 4.65 Å². The average molecular weight is 383 g/mol.